The van der Waals surface area contributed by atoms with E-state index >= 15 is 0 Å². The maximum absolute atomic E-state index is 12.5. The van der Waals surface area contributed by atoms with Crippen LogP contribution in [0.4, 0.5) is 5.69 Å². The molecule has 2 aromatic rings. The second kappa shape index (κ2) is 6.74. The maximum atomic E-state index is 12.5. The highest BCUT2D eigenvalue weighted by Crippen LogP contribution is 2.44. The molecule has 0 aliphatic heterocycles. The third-order valence-electron chi connectivity index (χ3n) is 2.86. The minimum absolute atomic E-state index is 0.397. The van der Waals surface area contributed by atoms with E-state index in [4.69, 9.17) is 27.7 Å². The predicted molar refractivity (Wildman–Crippen MR) is 90.1 cm³/mol. The van der Waals surface area contributed by atoms with Crippen molar-refractivity contribution in [1.29, 1.82) is 0 Å². The van der Waals surface area contributed by atoms with Gasteiger partial charge in [-0.05, 0) is 42.3 Å². The van der Waals surface area contributed by atoms with Crippen LogP contribution in [0.25, 0.3) is 0 Å². The Balaban J connectivity index is 2.10. The van der Waals surface area contributed by atoms with Gasteiger partial charge in [-0.1, -0.05) is 42.3 Å². The first kappa shape index (κ1) is 16.2. The summed E-state index contributed by atoms with van der Waals surface area (Å²) in [7, 11) is -3.05. The number of halogens is 2. The zero-order chi connectivity index (χ0) is 15.5. The van der Waals surface area contributed by atoms with E-state index in [0.717, 1.165) is 6.42 Å². The molecule has 0 heterocycles. The van der Waals surface area contributed by atoms with Gasteiger partial charge in [-0.2, -0.15) is 0 Å². The maximum Gasteiger partial charge on any atom is 0.338 e. The van der Waals surface area contributed by atoms with Gasteiger partial charge in [-0.3, -0.25) is 4.57 Å². The van der Waals surface area contributed by atoms with E-state index in [2.05, 4.69) is 12.0 Å². The fourth-order valence-electron chi connectivity index (χ4n) is 1.81. The van der Waals surface area contributed by atoms with Crippen molar-refractivity contribution in [2.75, 3.05) is 11.8 Å². The van der Waals surface area contributed by atoms with Crippen molar-refractivity contribution >= 4 is 36.4 Å². The van der Waals surface area contributed by atoms with Gasteiger partial charge in [-0.25, -0.2) is 0 Å². The van der Waals surface area contributed by atoms with Crippen LogP contribution in [0.1, 0.15) is 12.5 Å². The molecule has 0 aromatic heterocycles. The molecule has 21 heavy (non-hydrogen) atoms. The number of nitrogens with one attached hydrogen (secondary N) is 1. The second-order valence-corrected chi connectivity index (χ2v) is 7.59. The summed E-state index contributed by atoms with van der Waals surface area (Å²) in [5, 5.41) is 3.70. The molecule has 2 aromatic carbocycles. The summed E-state index contributed by atoms with van der Waals surface area (Å²) in [6.45, 7) is 3.59. The van der Waals surface area contributed by atoms with Crippen molar-refractivity contribution in [3.05, 3.63) is 58.1 Å². The van der Waals surface area contributed by atoms with Gasteiger partial charge in [-0.15, -0.1) is 0 Å². The molecule has 0 saturated heterocycles. The summed E-state index contributed by atoms with van der Waals surface area (Å²) in [5.41, 5.74) is 1.80. The standard InChI is InChI=1S/C15H16Cl2NO2P/c1-3-11-4-7-13(8-5-11)20-21(2,19)18-12-6-9-14(16)15(17)10-12/h4-10H,3H2,1-2H3,(H,18,19)/t21-/m0/s1. The van der Waals surface area contributed by atoms with Crippen molar-refractivity contribution in [2.24, 2.45) is 0 Å². The summed E-state index contributed by atoms with van der Waals surface area (Å²) >= 11 is 11.8. The molecule has 1 N–H and O–H groups in total. The molecule has 2 rings (SSSR count). The quantitative estimate of drug-likeness (QED) is 0.690. The summed E-state index contributed by atoms with van der Waals surface area (Å²) in [5.74, 6) is 0.561. The van der Waals surface area contributed by atoms with Crippen LogP contribution in [0.15, 0.2) is 42.5 Å². The molecule has 112 valence electrons. The van der Waals surface area contributed by atoms with Crippen LogP contribution in [-0.2, 0) is 11.0 Å². The Labute approximate surface area is 134 Å². The summed E-state index contributed by atoms with van der Waals surface area (Å²) in [4.78, 5) is 0. The molecule has 0 radical (unpaired) electrons. The van der Waals surface area contributed by atoms with Crippen LogP contribution in [0.3, 0.4) is 0 Å². The topological polar surface area (TPSA) is 38.3 Å². The number of hydrogen-bond acceptors (Lipinski definition) is 2. The molecule has 6 heteroatoms. The van der Waals surface area contributed by atoms with Crippen molar-refractivity contribution in [2.45, 2.75) is 13.3 Å². The number of hydrogen-bond donors (Lipinski definition) is 1. The zero-order valence-electron chi connectivity index (χ0n) is 11.8. The molecule has 0 bridgehead atoms. The average Bonchev–Trinajstić information content (AvgIpc) is 2.43. The van der Waals surface area contributed by atoms with Crippen molar-refractivity contribution in [3.8, 4) is 5.75 Å². The fourth-order valence-corrected chi connectivity index (χ4v) is 3.29. The molecule has 0 saturated carbocycles. The predicted octanol–water partition coefficient (Wildman–Crippen LogP) is 5.87. The Bertz CT molecular complexity index is 674. The Morgan fingerprint density at radius 1 is 1.10 bits per heavy atom. The Kier molecular flexibility index (Phi) is 5.21. The Morgan fingerprint density at radius 3 is 2.33 bits per heavy atom. The fraction of sp³-hybridized carbons (Fsp3) is 0.200. The first-order chi connectivity index (χ1) is 9.89. The normalized spacial score (nSPS) is 13.5. The van der Waals surface area contributed by atoms with E-state index in [1.807, 2.05) is 24.3 Å². The van der Waals surface area contributed by atoms with Crippen LogP contribution in [-0.4, -0.2) is 6.66 Å². The monoisotopic (exact) mass is 343 g/mol. The second-order valence-electron chi connectivity index (χ2n) is 4.68. The summed E-state index contributed by atoms with van der Waals surface area (Å²) < 4.78 is 18.0. The highest BCUT2D eigenvalue weighted by molar-refractivity contribution is 7.60. The van der Waals surface area contributed by atoms with E-state index in [-0.39, 0.29) is 0 Å². The number of rotatable bonds is 5. The number of aryl methyl sites for hydroxylation is 1. The largest absolute Gasteiger partial charge is 0.429 e. The van der Waals surface area contributed by atoms with Gasteiger partial charge in [0.05, 0.1) is 10.0 Å². The molecule has 0 fully saturated rings. The average molecular weight is 344 g/mol. The van der Waals surface area contributed by atoms with E-state index in [9.17, 15) is 4.57 Å². The van der Waals surface area contributed by atoms with Gasteiger partial charge < -0.3 is 9.61 Å². The van der Waals surface area contributed by atoms with E-state index in [1.54, 1.807) is 18.2 Å². The zero-order valence-corrected chi connectivity index (χ0v) is 14.2. The lowest BCUT2D eigenvalue weighted by atomic mass is 10.2. The molecule has 0 aliphatic carbocycles. The molecule has 0 spiro atoms. The van der Waals surface area contributed by atoms with Crippen LogP contribution in [0.2, 0.25) is 10.0 Å². The van der Waals surface area contributed by atoms with Gasteiger partial charge in [0.1, 0.15) is 5.75 Å². The third kappa shape index (κ3) is 4.67. The van der Waals surface area contributed by atoms with E-state index < -0.39 is 7.52 Å². The lowest BCUT2D eigenvalue weighted by molar-refractivity contribution is 0.493. The van der Waals surface area contributed by atoms with Crippen LogP contribution >= 0.6 is 30.7 Å². The lowest BCUT2D eigenvalue weighted by Crippen LogP contribution is -2.02. The van der Waals surface area contributed by atoms with Crippen LogP contribution in [0, 0.1) is 0 Å². The van der Waals surface area contributed by atoms with Crippen molar-refractivity contribution in [1.82, 2.24) is 0 Å². The molecule has 0 amide bonds. The van der Waals surface area contributed by atoms with Crippen molar-refractivity contribution in [3.63, 3.8) is 0 Å². The van der Waals surface area contributed by atoms with Gasteiger partial charge >= 0.3 is 7.52 Å². The molecular formula is C15H16Cl2NO2P. The summed E-state index contributed by atoms with van der Waals surface area (Å²) in [6, 6.07) is 12.5. The summed E-state index contributed by atoms with van der Waals surface area (Å²) in [6.07, 6.45) is 0.950. The Hall–Kier alpha value is -1.15. The first-order valence-corrected chi connectivity index (χ1v) is 9.32. The molecule has 0 aliphatic rings. The van der Waals surface area contributed by atoms with Gasteiger partial charge in [0.2, 0.25) is 0 Å². The minimum atomic E-state index is -3.05. The smallest absolute Gasteiger partial charge is 0.338 e. The van der Waals surface area contributed by atoms with Crippen LogP contribution in [0.5, 0.6) is 5.75 Å². The molecular weight excluding hydrogens is 328 g/mol. The molecule has 3 nitrogen and oxygen atoms in total. The number of benzene rings is 2. The highest BCUT2D eigenvalue weighted by Gasteiger charge is 2.17. The van der Waals surface area contributed by atoms with Crippen molar-refractivity contribution < 1.29 is 9.09 Å². The Morgan fingerprint density at radius 2 is 1.76 bits per heavy atom. The van der Waals surface area contributed by atoms with Gasteiger partial charge in [0.15, 0.2) is 0 Å². The van der Waals surface area contributed by atoms with E-state index in [1.165, 1.54) is 12.2 Å². The highest BCUT2D eigenvalue weighted by atomic mass is 35.5. The van der Waals surface area contributed by atoms with Gasteiger partial charge in [0.25, 0.3) is 0 Å². The number of anilines is 1. The third-order valence-corrected chi connectivity index (χ3v) is 4.83. The lowest BCUT2D eigenvalue weighted by Gasteiger charge is -2.18. The van der Waals surface area contributed by atoms with Crippen LogP contribution < -0.4 is 9.61 Å². The first-order valence-electron chi connectivity index (χ1n) is 6.49. The van der Waals surface area contributed by atoms with E-state index in [0.29, 0.717) is 21.5 Å². The van der Waals surface area contributed by atoms with Gasteiger partial charge in [0, 0.05) is 12.4 Å². The molecule has 1 atom stereocenters. The minimum Gasteiger partial charge on any atom is -0.429 e. The SMILES string of the molecule is CCc1ccc(O[P@](C)(=O)Nc2ccc(Cl)c(Cl)c2)cc1. The molecule has 0 unspecified atom stereocenters.